The van der Waals surface area contributed by atoms with Gasteiger partial charge in [-0.1, -0.05) is 42.5 Å². The van der Waals surface area contributed by atoms with Crippen molar-refractivity contribution < 1.29 is 19.1 Å². The molecule has 0 unspecified atom stereocenters. The van der Waals surface area contributed by atoms with E-state index in [-0.39, 0.29) is 23.4 Å². The summed E-state index contributed by atoms with van der Waals surface area (Å²) >= 11 is 0. The third-order valence-electron chi connectivity index (χ3n) is 4.11. The minimum atomic E-state index is -0.217. The van der Waals surface area contributed by atoms with Crippen LogP contribution in [-0.4, -0.2) is 11.8 Å². The van der Waals surface area contributed by atoms with Gasteiger partial charge in [0.1, 0.15) is 11.5 Å². The highest BCUT2D eigenvalue weighted by atomic mass is 16.5. The first kappa shape index (κ1) is 15.4. The van der Waals surface area contributed by atoms with Crippen molar-refractivity contribution >= 4 is 17.8 Å². The van der Waals surface area contributed by atoms with Gasteiger partial charge in [-0.05, 0) is 36.6 Å². The summed E-state index contributed by atoms with van der Waals surface area (Å²) in [6.07, 6.45) is 7.10. The van der Waals surface area contributed by atoms with Crippen molar-refractivity contribution in [2.45, 2.75) is 12.8 Å². The molecule has 4 rings (SSSR count). The maximum Gasteiger partial charge on any atom is 0.314 e. The lowest BCUT2D eigenvalue weighted by molar-refractivity contribution is -0.135. The lowest BCUT2D eigenvalue weighted by Crippen LogP contribution is -2.09. The fraction of sp³-hybridized carbons (Fsp3) is 0.143. The van der Waals surface area contributed by atoms with E-state index >= 15 is 0 Å². The molecule has 1 saturated carbocycles. The second kappa shape index (κ2) is 6.40. The third-order valence-corrected chi connectivity index (χ3v) is 4.11. The maximum absolute atomic E-state index is 12.4. The molecule has 25 heavy (non-hydrogen) atoms. The Balaban J connectivity index is 1.49. The molecule has 2 aromatic carbocycles. The lowest BCUT2D eigenvalue weighted by atomic mass is 10.1. The van der Waals surface area contributed by atoms with E-state index in [2.05, 4.69) is 0 Å². The summed E-state index contributed by atoms with van der Waals surface area (Å²) in [5.74, 6) is 0.718. The zero-order valence-corrected chi connectivity index (χ0v) is 13.5. The summed E-state index contributed by atoms with van der Waals surface area (Å²) in [5.41, 5.74) is 1.52. The molecular formula is C21H16O4. The number of hydrogen-bond donors (Lipinski definition) is 0. The number of carbonyl (C=O) groups is 2. The maximum atomic E-state index is 12.4. The van der Waals surface area contributed by atoms with Crippen LogP contribution in [0.3, 0.4) is 0 Å². The zero-order chi connectivity index (χ0) is 17.2. The number of esters is 1. The molecule has 0 saturated heterocycles. The summed E-state index contributed by atoms with van der Waals surface area (Å²) < 4.78 is 10.9. The van der Waals surface area contributed by atoms with Crippen molar-refractivity contribution in [3.63, 3.8) is 0 Å². The van der Waals surface area contributed by atoms with Gasteiger partial charge in [0.05, 0.1) is 11.5 Å². The van der Waals surface area contributed by atoms with Crippen molar-refractivity contribution in [3.8, 4) is 11.5 Å². The van der Waals surface area contributed by atoms with Crippen molar-refractivity contribution in [2.24, 2.45) is 5.92 Å². The van der Waals surface area contributed by atoms with Crippen LogP contribution in [0.4, 0.5) is 0 Å². The minimum absolute atomic E-state index is 0.0226. The van der Waals surface area contributed by atoms with Crippen LogP contribution in [-0.2, 0) is 4.79 Å². The molecule has 4 nitrogen and oxygen atoms in total. The highest BCUT2D eigenvalue weighted by molar-refractivity contribution is 6.12. The van der Waals surface area contributed by atoms with Crippen LogP contribution in [0.5, 0.6) is 11.5 Å². The van der Waals surface area contributed by atoms with Gasteiger partial charge in [0.2, 0.25) is 5.78 Å². The molecule has 124 valence electrons. The Bertz CT molecular complexity index is 889. The van der Waals surface area contributed by atoms with Gasteiger partial charge in [-0.2, -0.15) is 0 Å². The summed E-state index contributed by atoms with van der Waals surface area (Å²) in [6, 6.07) is 14.6. The fourth-order valence-corrected chi connectivity index (χ4v) is 2.57. The van der Waals surface area contributed by atoms with Crippen LogP contribution in [0.15, 0.2) is 66.4 Å². The topological polar surface area (TPSA) is 52.6 Å². The van der Waals surface area contributed by atoms with E-state index in [9.17, 15) is 9.59 Å². The molecule has 0 amide bonds. The SMILES string of the molecule is O=C1C(=CC=Cc2ccccc2)Oc2cc(OC(=O)C3CC3)ccc21. The Labute approximate surface area is 145 Å². The van der Waals surface area contributed by atoms with Crippen LogP contribution < -0.4 is 9.47 Å². The molecule has 4 heteroatoms. The molecule has 2 aromatic rings. The Morgan fingerprint density at radius 1 is 1.12 bits per heavy atom. The van der Waals surface area contributed by atoms with E-state index in [0.29, 0.717) is 17.1 Å². The summed E-state index contributed by atoms with van der Waals surface area (Å²) in [7, 11) is 0. The lowest BCUT2D eigenvalue weighted by Gasteiger charge is -2.04. The molecule has 1 aliphatic heterocycles. The first-order valence-corrected chi connectivity index (χ1v) is 8.22. The number of benzene rings is 2. The number of ether oxygens (including phenoxy) is 2. The molecule has 1 aliphatic carbocycles. The quantitative estimate of drug-likeness (QED) is 0.479. The number of hydrogen-bond acceptors (Lipinski definition) is 4. The van der Waals surface area contributed by atoms with Gasteiger partial charge in [-0.25, -0.2) is 0 Å². The van der Waals surface area contributed by atoms with Crippen LogP contribution in [0.25, 0.3) is 6.08 Å². The second-order valence-corrected chi connectivity index (χ2v) is 6.09. The van der Waals surface area contributed by atoms with Crippen molar-refractivity contribution in [2.75, 3.05) is 0 Å². The van der Waals surface area contributed by atoms with Crippen LogP contribution in [0.1, 0.15) is 28.8 Å². The average molecular weight is 332 g/mol. The Kier molecular flexibility index (Phi) is 3.94. The number of Topliss-reactive ketones (excluding diaryl/α,β-unsaturated/α-hetero) is 1. The number of ketones is 1. The highest BCUT2D eigenvalue weighted by Gasteiger charge is 2.32. The monoisotopic (exact) mass is 332 g/mol. The minimum Gasteiger partial charge on any atom is -0.452 e. The van der Waals surface area contributed by atoms with Gasteiger partial charge in [0, 0.05) is 6.07 Å². The smallest absolute Gasteiger partial charge is 0.314 e. The first-order chi connectivity index (χ1) is 12.2. The number of fused-ring (bicyclic) bond motifs is 1. The largest absolute Gasteiger partial charge is 0.452 e. The molecule has 0 radical (unpaired) electrons. The molecule has 2 aliphatic rings. The van der Waals surface area contributed by atoms with E-state index in [1.54, 1.807) is 30.4 Å². The molecule has 0 N–H and O–H groups in total. The van der Waals surface area contributed by atoms with Crippen LogP contribution in [0, 0.1) is 5.92 Å². The fourth-order valence-electron chi connectivity index (χ4n) is 2.57. The summed E-state index contributed by atoms with van der Waals surface area (Å²) in [4.78, 5) is 24.1. The number of carbonyl (C=O) groups excluding carboxylic acids is 2. The van der Waals surface area contributed by atoms with Gasteiger partial charge < -0.3 is 9.47 Å². The summed E-state index contributed by atoms with van der Waals surface area (Å²) in [5, 5.41) is 0. The molecule has 0 bridgehead atoms. The van der Waals surface area contributed by atoms with Crippen LogP contribution in [0.2, 0.25) is 0 Å². The third kappa shape index (κ3) is 3.38. The number of rotatable bonds is 4. The van der Waals surface area contributed by atoms with Crippen LogP contribution >= 0.6 is 0 Å². The van der Waals surface area contributed by atoms with E-state index in [0.717, 1.165) is 18.4 Å². The standard InChI is InChI=1S/C21H16O4/c22-20-17-12-11-16(24-21(23)15-9-10-15)13-19(17)25-18(20)8-4-7-14-5-2-1-3-6-14/h1-8,11-13,15H,9-10H2. The molecule has 0 aromatic heterocycles. The highest BCUT2D eigenvalue weighted by Crippen LogP contribution is 2.36. The molecule has 0 spiro atoms. The first-order valence-electron chi connectivity index (χ1n) is 8.22. The Morgan fingerprint density at radius 3 is 2.68 bits per heavy atom. The average Bonchev–Trinajstić information content (AvgIpc) is 3.42. The van der Waals surface area contributed by atoms with E-state index in [4.69, 9.17) is 9.47 Å². The van der Waals surface area contributed by atoms with E-state index < -0.39 is 0 Å². The van der Waals surface area contributed by atoms with Gasteiger partial charge >= 0.3 is 5.97 Å². The van der Waals surface area contributed by atoms with Crippen molar-refractivity contribution in [1.29, 1.82) is 0 Å². The van der Waals surface area contributed by atoms with E-state index in [1.165, 1.54) is 0 Å². The zero-order valence-electron chi connectivity index (χ0n) is 13.5. The van der Waals surface area contributed by atoms with Gasteiger partial charge in [-0.15, -0.1) is 0 Å². The second-order valence-electron chi connectivity index (χ2n) is 6.09. The Morgan fingerprint density at radius 2 is 1.92 bits per heavy atom. The molecule has 1 heterocycles. The van der Waals surface area contributed by atoms with Gasteiger partial charge in [0.15, 0.2) is 5.76 Å². The molecular weight excluding hydrogens is 316 g/mol. The molecule has 1 fully saturated rings. The van der Waals surface area contributed by atoms with Gasteiger partial charge in [0.25, 0.3) is 0 Å². The normalized spacial score (nSPS) is 17.6. The number of allylic oxidation sites excluding steroid dienone is 3. The molecule has 0 atom stereocenters. The predicted molar refractivity (Wildman–Crippen MR) is 93.3 cm³/mol. The van der Waals surface area contributed by atoms with E-state index in [1.807, 2.05) is 36.4 Å². The van der Waals surface area contributed by atoms with Gasteiger partial charge in [-0.3, -0.25) is 9.59 Å². The predicted octanol–water partition coefficient (Wildman–Crippen LogP) is 4.17. The van der Waals surface area contributed by atoms with Crippen molar-refractivity contribution in [3.05, 3.63) is 77.6 Å². The summed E-state index contributed by atoms with van der Waals surface area (Å²) in [6.45, 7) is 0. The van der Waals surface area contributed by atoms with Crippen molar-refractivity contribution in [1.82, 2.24) is 0 Å². The Hall–Kier alpha value is -3.14.